The quantitative estimate of drug-likeness (QED) is 0.501. The number of benzene rings is 1. The van der Waals surface area contributed by atoms with Gasteiger partial charge in [-0.2, -0.15) is 15.1 Å². The van der Waals surface area contributed by atoms with Crippen molar-refractivity contribution < 1.29 is 22.7 Å². The van der Waals surface area contributed by atoms with Crippen molar-refractivity contribution in [2.75, 3.05) is 24.3 Å². The van der Waals surface area contributed by atoms with Gasteiger partial charge in [-0.1, -0.05) is 11.6 Å². The van der Waals surface area contributed by atoms with Gasteiger partial charge in [-0.25, -0.2) is 8.42 Å². The number of rotatable bonds is 8. The van der Waals surface area contributed by atoms with Gasteiger partial charge in [0.25, 0.3) is 10.0 Å². The van der Waals surface area contributed by atoms with E-state index in [4.69, 9.17) is 21.1 Å². The van der Waals surface area contributed by atoms with Crippen molar-refractivity contribution in [3.05, 3.63) is 46.7 Å². The largest absolute Gasteiger partial charge is 0.481 e. The van der Waals surface area contributed by atoms with Crippen molar-refractivity contribution in [3.63, 3.8) is 0 Å². The Labute approximate surface area is 189 Å². The van der Waals surface area contributed by atoms with Crippen LogP contribution < -0.4 is 19.5 Å². The molecule has 1 aromatic carbocycles. The monoisotopic (exact) mass is 480 g/mol. The number of sulfonamides is 1. The molecule has 2 heterocycles. The predicted octanol–water partition coefficient (Wildman–Crippen LogP) is 2.40. The van der Waals surface area contributed by atoms with Gasteiger partial charge in [0.2, 0.25) is 11.8 Å². The molecule has 0 aliphatic heterocycles. The molecule has 0 unspecified atom stereocenters. The summed E-state index contributed by atoms with van der Waals surface area (Å²) in [7, 11) is -1.22. The normalized spacial score (nSPS) is 11.2. The van der Waals surface area contributed by atoms with Crippen LogP contribution in [-0.4, -0.2) is 48.3 Å². The summed E-state index contributed by atoms with van der Waals surface area (Å²) >= 11 is 6.09. The van der Waals surface area contributed by atoms with Gasteiger partial charge in [-0.05, 0) is 38.1 Å². The molecule has 0 aliphatic rings. The Morgan fingerprint density at radius 3 is 2.38 bits per heavy atom. The Hall–Kier alpha value is -3.38. The Morgan fingerprint density at radius 2 is 1.81 bits per heavy atom. The number of nitrogens with one attached hydrogen (secondary N) is 2. The number of hydrogen-bond donors (Lipinski definition) is 2. The zero-order valence-electron chi connectivity index (χ0n) is 17.7. The predicted molar refractivity (Wildman–Crippen MR) is 118 cm³/mol. The van der Waals surface area contributed by atoms with Gasteiger partial charge in [-0.15, -0.1) is 0 Å². The van der Waals surface area contributed by atoms with Gasteiger partial charge < -0.3 is 14.8 Å². The van der Waals surface area contributed by atoms with Crippen molar-refractivity contribution >= 4 is 39.0 Å². The molecule has 1 amide bonds. The van der Waals surface area contributed by atoms with Crippen LogP contribution in [0.2, 0.25) is 5.02 Å². The fourth-order valence-electron chi connectivity index (χ4n) is 2.73. The Balaban J connectivity index is 1.70. The molecule has 2 aromatic heterocycles. The maximum absolute atomic E-state index is 12.7. The van der Waals surface area contributed by atoms with Crippen LogP contribution in [-0.2, 0) is 21.4 Å². The first-order chi connectivity index (χ1) is 15.1. The highest BCUT2D eigenvalue weighted by Crippen LogP contribution is 2.22. The first-order valence-electron chi connectivity index (χ1n) is 9.22. The third-order valence-corrected chi connectivity index (χ3v) is 6.27. The highest BCUT2D eigenvalue weighted by atomic mass is 35.5. The van der Waals surface area contributed by atoms with Gasteiger partial charge >= 0.3 is 6.01 Å². The van der Waals surface area contributed by atoms with Crippen molar-refractivity contribution in [2.45, 2.75) is 25.3 Å². The highest BCUT2D eigenvalue weighted by Gasteiger charge is 2.17. The zero-order valence-corrected chi connectivity index (χ0v) is 19.3. The minimum Gasteiger partial charge on any atom is -0.481 e. The molecule has 0 saturated heterocycles. The summed E-state index contributed by atoms with van der Waals surface area (Å²) in [5.41, 5.74) is 1.75. The lowest BCUT2D eigenvalue weighted by molar-refractivity contribution is -0.116. The number of methoxy groups -OCH3 is 2. The van der Waals surface area contributed by atoms with E-state index in [0.717, 1.165) is 0 Å². The molecule has 0 bridgehead atoms. The van der Waals surface area contributed by atoms with E-state index < -0.39 is 10.0 Å². The van der Waals surface area contributed by atoms with Crippen LogP contribution in [0.25, 0.3) is 0 Å². The lowest BCUT2D eigenvalue weighted by atomic mass is 10.3. The van der Waals surface area contributed by atoms with E-state index in [0.29, 0.717) is 22.1 Å². The van der Waals surface area contributed by atoms with Crippen LogP contribution in [0.5, 0.6) is 11.9 Å². The summed E-state index contributed by atoms with van der Waals surface area (Å²) in [6, 6.07) is 6.93. The molecule has 32 heavy (non-hydrogen) atoms. The van der Waals surface area contributed by atoms with E-state index >= 15 is 0 Å². The molecule has 170 valence electrons. The molecule has 0 atom stereocenters. The molecule has 2 N–H and O–H groups in total. The molecule has 13 heteroatoms. The molecule has 0 fully saturated rings. The summed E-state index contributed by atoms with van der Waals surface area (Å²) in [6.45, 7) is 3.49. The second-order valence-electron chi connectivity index (χ2n) is 6.60. The van der Waals surface area contributed by atoms with Gasteiger partial charge in [-0.3, -0.25) is 14.2 Å². The summed E-state index contributed by atoms with van der Waals surface area (Å²) in [5, 5.41) is 7.42. The molecular weight excluding hydrogens is 460 g/mol. The second-order valence-corrected chi connectivity index (χ2v) is 8.66. The smallest absolute Gasteiger partial charge is 0.321 e. The second kappa shape index (κ2) is 9.40. The van der Waals surface area contributed by atoms with Gasteiger partial charge in [0.15, 0.2) is 5.82 Å². The van der Waals surface area contributed by atoms with E-state index in [1.165, 1.54) is 49.2 Å². The molecule has 3 aromatic rings. The summed E-state index contributed by atoms with van der Waals surface area (Å²) in [6.07, 6.45) is 0. The Kier molecular flexibility index (Phi) is 6.84. The van der Waals surface area contributed by atoms with Gasteiger partial charge in [0, 0.05) is 11.8 Å². The third kappa shape index (κ3) is 5.26. The first-order valence-corrected chi connectivity index (χ1v) is 11.1. The fourth-order valence-corrected chi connectivity index (χ4v) is 3.86. The Bertz CT molecular complexity index is 1220. The van der Waals surface area contributed by atoms with E-state index in [-0.39, 0.29) is 35.1 Å². The summed E-state index contributed by atoms with van der Waals surface area (Å²) in [5.74, 6) is -0.215. The molecule has 0 aliphatic carbocycles. The topological polar surface area (TPSA) is 137 Å². The first kappa shape index (κ1) is 23.3. The van der Waals surface area contributed by atoms with Crippen LogP contribution in [0.1, 0.15) is 11.4 Å². The maximum atomic E-state index is 12.7. The number of nitrogens with zero attached hydrogens (tertiary/aromatic N) is 4. The van der Waals surface area contributed by atoms with Gasteiger partial charge in [0.05, 0.1) is 35.5 Å². The lowest BCUT2D eigenvalue weighted by Gasteiger charge is -2.11. The Morgan fingerprint density at radius 1 is 1.12 bits per heavy atom. The van der Waals surface area contributed by atoms with Crippen LogP contribution >= 0.6 is 11.6 Å². The van der Waals surface area contributed by atoms with Crippen LogP contribution in [0.4, 0.5) is 11.5 Å². The average molecular weight is 481 g/mol. The number of anilines is 2. The molecule has 0 radical (unpaired) electrons. The molecule has 11 nitrogen and oxygen atoms in total. The van der Waals surface area contributed by atoms with Crippen LogP contribution in [0.3, 0.4) is 0 Å². The van der Waals surface area contributed by atoms with E-state index in [1.807, 2.05) is 0 Å². The molecule has 0 saturated carbocycles. The standard InChI is InChI=1S/C19H21ClN6O5S/c1-11-18(20)12(2)26(24-11)10-16(27)21-13-5-7-14(8-6-13)32(28,29)25-15-9-17(30-3)23-19(22-15)31-4/h5-9H,10H2,1-4H3,(H,21,27)(H,22,23,25). The maximum Gasteiger partial charge on any atom is 0.321 e. The average Bonchev–Trinajstić information content (AvgIpc) is 2.99. The minimum absolute atomic E-state index is 0.0189. The van der Waals surface area contributed by atoms with Crippen molar-refractivity contribution in [1.29, 1.82) is 0 Å². The fraction of sp³-hybridized carbons (Fsp3) is 0.263. The molecular formula is C19H21ClN6O5S. The van der Waals surface area contributed by atoms with Gasteiger partial charge in [0.1, 0.15) is 6.54 Å². The van der Waals surface area contributed by atoms with E-state index in [9.17, 15) is 13.2 Å². The van der Waals surface area contributed by atoms with Crippen molar-refractivity contribution in [3.8, 4) is 11.9 Å². The van der Waals surface area contributed by atoms with Crippen LogP contribution in [0.15, 0.2) is 35.2 Å². The number of amides is 1. The number of carbonyl (C=O) groups is 1. The SMILES string of the molecule is COc1cc(NS(=O)(=O)c2ccc(NC(=O)Cn3nc(C)c(Cl)c3C)cc2)nc(OC)n1. The van der Waals surface area contributed by atoms with Crippen molar-refractivity contribution in [2.24, 2.45) is 0 Å². The van der Waals surface area contributed by atoms with E-state index in [1.54, 1.807) is 13.8 Å². The highest BCUT2D eigenvalue weighted by molar-refractivity contribution is 7.92. The summed E-state index contributed by atoms with van der Waals surface area (Å²) < 4.78 is 39.2. The summed E-state index contributed by atoms with van der Waals surface area (Å²) in [4.78, 5) is 20.1. The number of ether oxygens (including phenoxy) is 2. The number of aromatic nitrogens is 4. The lowest BCUT2D eigenvalue weighted by Crippen LogP contribution is -2.20. The minimum atomic E-state index is -3.96. The molecule has 3 rings (SSSR count). The van der Waals surface area contributed by atoms with Crippen molar-refractivity contribution in [1.82, 2.24) is 19.7 Å². The number of halogens is 1. The van der Waals surface area contributed by atoms with E-state index in [2.05, 4.69) is 25.1 Å². The zero-order chi connectivity index (χ0) is 23.5. The molecule has 0 spiro atoms. The third-order valence-electron chi connectivity index (χ3n) is 4.35. The van der Waals surface area contributed by atoms with Crippen LogP contribution in [0, 0.1) is 13.8 Å². The number of carbonyl (C=O) groups excluding carboxylic acids is 1. The number of hydrogen-bond acceptors (Lipinski definition) is 8. The number of aryl methyl sites for hydroxylation is 1.